The van der Waals surface area contributed by atoms with E-state index in [-0.39, 0.29) is 5.69 Å². The van der Waals surface area contributed by atoms with Crippen LogP contribution in [0.3, 0.4) is 0 Å². The molecule has 0 bridgehead atoms. The van der Waals surface area contributed by atoms with Crippen LogP contribution in [0.2, 0.25) is 0 Å². The van der Waals surface area contributed by atoms with Crippen LogP contribution in [-0.2, 0) is 5.60 Å². The summed E-state index contributed by atoms with van der Waals surface area (Å²) < 4.78 is 37.1. The molecule has 0 aliphatic carbocycles. The van der Waals surface area contributed by atoms with E-state index < -0.39 is 17.5 Å². The lowest BCUT2D eigenvalue weighted by atomic mass is 10.00. The summed E-state index contributed by atoms with van der Waals surface area (Å²) in [7, 11) is 0. The summed E-state index contributed by atoms with van der Waals surface area (Å²) in [6.45, 7) is 0.617. The van der Waals surface area contributed by atoms with Crippen LogP contribution in [0.1, 0.15) is 12.6 Å². The van der Waals surface area contributed by atoms with E-state index >= 15 is 0 Å². The maximum absolute atomic E-state index is 12.4. The van der Waals surface area contributed by atoms with E-state index in [2.05, 4.69) is 4.98 Å². The average Bonchev–Trinajstić information content (AvgIpc) is 2.02. The quantitative estimate of drug-likeness (QED) is 0.730. The van der Waals surface area contributed by atoms with Gasteiger partial charge in [-0.15, -0.1) is 0 Å². The minimum atomic E-state index is -4.80. The SMILES string of the molecule is C[C@](O)(c1ncccc1N)C(F)(F)F. The van der Waals surface area contributed by atoms with E-state index in [9.17, 15) is 18.3 Å². The number of nitrogens with zero attached hydrogens (tertiary/aromatic N) is 1. The first kappa shape index (κ1) is 10.8. The van der Waals surface area contributed by atoms with Gasteiger partial charge in [-0.2, -0.15) is 13.2 Å². The molecular weight excluding hydrogens is 197 g/mol. The summed E-state index contributed by atoms with van der Waals surface area (Å²) in [6, 6.07) is 2.65. The van der Waals surface area contributed by atoms with Gasteiger partial charge in [0.2, 0.25) is 5.60 Å². The van der Waals surface area contributed by atoms with Crippen molar-refractivity contribution in [3.8, 4) is 0 Å². The Labute approximate surface area is 78.4 Å². The summed E-state index contributed by atoms with van der Waals surface area (Å²) >= 11 is 0. The van der Waals surface area contributed by atoms with Crippen molar-refractivity contribution in [2.24, 2.45) is 0 Å². The summed E-state index contributed by atoms with van der Waals surface area (Å²) in [5, 5.41) is 9.24. The summed E-state index contributed by atoms with van der Waals surface area (Å²) in [6.07, 6.45) is -3.65. The van der Waals surface area contributed by atoms with Crippen molar-refractivity contribution in [1.82, 2.24) is 4.98 Å². The summed E-state index contributed by atoms with van der Waals surface area (Å²) in [5.41, 5.74) is 1.50. The smallest absolute Gasteiger partial charge is 0.397 e. The Hall–Kier alpha value is -1.30. The zero-order valence-corrected chi connectivity index (χ0v) is 7.34. The highest BCUT2D eigenvalue weighted by molar-refractivity contribution is 5.45. The van der Waals surface area contributed by atoms with Gasteiger partial charge in [-0.1, -0.05) is 0 Å². The molecule has 0 amide bonds. The second-order valence-corrected chi connectivity index (χ2v) is 3.01. The number of rotatable bonds is 1. The van der Waals surface area contributed by atoms with Gasteiger partial charge in [0.05, 0.1) is 5.69 Å². The standard InChI is InChI=1S/C8H9F3N2O/c1-7(14,8(9,10)11)6-5(12)3-2-4-13-6/h2-4,14H,12H2,1H3/t7-/m0/s1. The van der Waals surface area contributed by atoms with Crippen molar-refractivity contribution < 1.29 is 18.3 Å². The fraction of sp³-hybridized carbons (Fsp3) is 0.375. The van der Waals surface area contributed by atoms with Crippen molar-refractivity contribution in [1.29, 1.82) is 0 Å². The molecule has 1 aromatic heterocycles. The zero-order valence-electron chi connectivity index (χ0n) is 7.34. The Morgan fingerprint density at radius 2 is 2.00 bits per heavy atom. The molecule has 0 fully saturated rings. The highest BCUT2D eigenvalue weighted by atomic mass is 19.4. The van der Waals surface area contributed by atoms with Gasteiger partial charge in [0.1, 0.15) is 5.69 Å². The Morgan fingerprint density at radius 3 is 2.43 bits per heavy atom. The molecule has 0 radical (unpaired) electrons. The fourth-order valence-electron chi connectivity index (χ4n) is 0.959. The predicted octanol–water partition coefficient (Wildman–Crippen LogP) is 1.43. The van der Waals surface area contributed by atoms with Gasteiger partial charge < -0.3 is 10.8 Å². The third kappa shape index (κ3) is 1.65. The molecule has 0 saturated carbocycles. The molecule has 3 N–H and O–H groups in total. The number of anilines is 1. The van der Waals surface area contributed by atoms with Crippen LogP contribution in [0.5, 0.6) is 0 Å². The van der Waals surface area contributed by atoms with Crippen LogP contribution in [0.15, 0.2) is 18.3 Å². The maximum Gasteiger partial charge on any atom is 0.422 e. The van der Waals surface area contributed by atoms with Crippen molar-refractivity contribution in [3.63, 3.8) is 0 Å². The van der Waals surface area contributed by atoms with Crippen LogP contribution < -0.4 is 5.73 Å². The fourth-order valence-corrected chi connectivity index (χ4v) is 0.959. The number of hydrogen-bond donors (Lipinski definition) is 2. The molecular formula is C8H9F3N2O. The highest BCUT2D eigenvalue weighted by Gasteiger charge is 2.53. The van der Waals surface area contributed by atoms with Crippen molar-refractivity contribution in [2.75, 3.05) is 5.73 Å². The molecule has 1 aromatic rings. The zero-order chi connectivity index (χ0) is 11.0. The average molecular weight is 206 g/mol. The first-order chi connectivity index (χ1) is 6.27. The Kier molecular flexibility index (Phi) is 2.41. The van der Waals surface area contributed by atoms with Crippen LogP contribution in [0.4, 0.5) is 18.9 Å². The third-order valence-electron chi connectivity index (χ3n) is 1.85. The number of aliphatic hydroxyl groups is 1. The van der Waals surface area contributed by atoms with E-state index in [4.69, 9.17) is 5.73 Å². The maximum atomic E-state index is 12.4. The Balaban J connectivity index is 3.23. The first-order valence-electron chi connectivity index (χ1n) is 3.77. The van der Waals surface area contributed by atoms with Crippen LogP contribution in [0, 0.1) is 0 Å². The van der Waals surface area contributed by atoms with Crippen molar-refractivity contribution >= 4 is 5.69 Å². The number of nitrogens with two attached hydrogens (primary N) is 1. The monoisotopic (exact) mass is 206 g/mol. The van der Waals surface area contributed by atoms with Crippen molar-refractivity contribution in [2.45, 2.75) is 18.7 Å². The molecule has 0 aromatic carbocycles. The van der Waals surface area contributed by atoms with E-state index in [1.165, 1.54) is 12.1 Å². The van der Waals surface area contributed by atoms with E-state index in [0.29, 0.717) is 6.92 Å². The Bertz CT molecular complexity index is 336. The van der Waals surface area contributed by atoms with Gasteiger partial charge in [0.25, 0.3) is 0 Å². The minimum absolute atomic E-state index is 0.185. The molecule has 0 aliphatic heterocycles. The van der Waals surface area contributed by atoms with Gasteiger partial charge in [0, 0.05) is 6.20 Å². The summed E-state index contributed by atoms with van der Waals surface area (Å²) in [5.74, 6) is 0. The molecule has 3 nitrogen and oxygen atoms in total. The number of pyridine rings is 1. The molecule has 78 valence electrons. The number of nitrogen functional groups attached to an aromatic ring is 1. The normalized spacial score (nSPS) is 16.4. The van der Waals surface area contributed by atoms with E-state index in [0.717, 1.165) is 6.20 Å². The van der Waals surface area contributed by atoms with Gasteiger partial charge in [0.15, 0.2) is 0 Å². The van der Waals surface area contributed by atoms with Gasteiger partial charge >= 0.3 is 6.18 Å². The van der Waals surface area contributed by atoms with Crippen LogP contribution in [0.25, 0.3) is 0 Å². The third-order valence-corrected chi connectivity index (χ3v) is 1.85. The second-order valence-electron chi connectivity index (χ2n) is 3.01. The number of alkyl halides is 3. The summed E-state index contributed by atoms with van der Waals surface area (Å²) in [4.78, 5) is 3.42. The largest absolute Gasteiger partial charge is 0.422 e. The molecule has 1 heterocycles. The Morgan fingerprint density at radius 1 is 1.43 bits per heavy atom. The predicted molar refractivity (Wildman–Crippen MR) is 44.3 cm³/mol. The molecule has 6 heteroatoms. The molecule has 0 aliphatic rings. The first-order valence-corrected chi connectivity index (χ1v) is 3.77. The number of aromatic nitrogens is 1. The van der Waals surface area contributed by atoms with Crippen LogP contribution >= 0.6 is 0 Å². The second kappa shape index (κ2) is 3.13. The minimum Gasteiger partial charge on any atom is -0.397 e. The van der Waals surface area contributed by atoms with Gasteiger partial charge in [-0.05, 0) is 19.1 Å². The topological polar surface area (TPSA) is 59.1 Å². The van der Waals surface area contributed by atoms with E-state index in [1.807, 2.05) is 0 Å². The lowest BCUT2D eigenvalue weighted by Crippen LogP contribution is -2.40. The molecule has 1 rings (SSSR count). The molecule has 14 heavy (non-hydrogen) atoms. The molecule has 0 spiro atoms. The molecule has 0 unspecified atom stereocenters. The number of hydrogen-bond acceptors (Lipinski definition) is 3. The molecule has 0 saturated heterocycles. The lowest BCUT2D eigenvalue weighted by molar-refractivity contribution is -0.260. The lowest BCUT2D eigenvalue weighted by Gasteiger charge is -2.26. The van der Waals surface area contributed by atoms with Gasteiger partial charge in [-0.3, -0.25) is 4.98 Å². The number of halogens is 3. The van der Waals surface area contributed by atoms with E-state index in [1.54, 1.807) is 0 Å². The molecule has 1 atom stereocenters. The highest BCUT2D eigenvalue weighted by Crippen LogP contribution is 2.39. The van der Waals surface area contributed by atoms with Gasteiger partial charge in [-0.25, -0.2) is 0 Å². The van der Waals surface area contributed by atoms with Crippen LogP contribution in [-0.4, -0.2) is 16.3 Å². The van der Waals surface area contributed by atoms with Crippen molar-refractivity contribution in [3.05, 3.63) is 24.0 Å².